The lowest BCUT2D eigenvalue weighted by molar-refractivity contribution is -0.135. The highest BCUT2D eigenvalue weighted by molar-refractivity contribution is 6.30. The first kappa shape index (κ1) is 22.5. The van der Waals surface area contributed by atoms with Gasteiger partial charge >= 0.3 is 5.97 Å². The number of benzene rings is 2. The highest BCUT2D eigenvalue weighted by Crippen LogP contribution is 2.52. The molecule has 5 nitrogen and oxygen atoms in total. The Bertz CT molecular complexity index is 1060. The van der Waals surface area contributed by atoms with Crippen molar-refractivity contribution in [2.75, 3.05) is 13.2 Å². The number of esters is 1. The molecule has 2 atom stereocenters. The Morgan fingerprint density at radius 2 is 1.66 bits per heavy atom. The monoisotopic (exact) mass is 453 g/mol. The fourth-order valence-electron chi connectivity index (χ4n) is 5.66. The van der Waals surface area contributed by atoms with Gasteiger partial charge in [-0.2, -0.15) is 0 Å². The van der Waals surface area contributed by atoms with Crippen molar-refractivity contribution < 1.29 is 19.1 Å². The molecule has 1 heterocycles. The molecule has 2 aromatic carbocycles. The molecule has 168 valence electrons. The van der Waals surface area contributed by atoms with E-state index < -0.39 is 5.97 Å². The van der Waals surface area contributed by atoms with E-state index in [-0.39, 0.29) is 46.3 Å². The van der Waals surface area contributed by atoms with Gasteiger partial charge in [0.15, 0.2) is 12.4 Å². The summed E-state index contributed by atoms with van der Waals surface area (Å²) in [5.74, 6) is -1.15. The topological polar surface area (TPSA) is 63.7 Å². The van der Waals surface area contributed by atoms with Gasteiger partial charge in [-0.1, -0.05) is 50.6 Å². The summed E-state index contributed by atoms with van der Waals surface area (Å²) in [6, 6.07) is 13.2. The molecular weight excluding hydrogens is 426 g/mol. The van der Waals surface area contributed by atoms with Gasteiger partial charge < -0.3 is 9.64 Å². The zero-order chi connectivity index (χ0) is 23.1. The molecule has 1 saturated carbocycles. The predicted molar refractivity (Wildman–Crippen MR) is 123 cm³/mol. The molecule has 2 aromatic rings. The molecule has 1 aliphatic carbocycles. The van der Waals surface area contributed by atoms with E-state index in [1.165, 1.54) is 0 Å². The number of hydrogen-bond donors (Lipinski definition) is 0. The summed E-state index contributed by atoms with van der Waals surface area (Å²) in [7, 11) is 0. The van der Waals surface area contributed by atoms with Gasteiger partial charge in [-0.15, -0.1) is 0 Å². The van der Waals surface area contributed by atoms with Crippen LogP contribution in [-0.2, 0) is 9.53 Å². The first-order valence-corrected chi connectivity index (χ1v) is 11.3. The molecule has 4 rings (SSSR count). The molecule has 2 bridgehead atoms. The van der Waals surface area contributed by atoms with Gasteiger partial charge in [0.1, 0.15) is 0 Å². The second kappa shape index (κ2) is 8.36. The first-order valence-electron chi connectivity index (χ1n) is 10.9. The van der Waals surface area contributed by atoms with Crippen LogP contribution < -0.4 is 0 Å². The van der Waals surface area contributed by atoms with Crippen LogP contribution in [0.3, 0.4) is 0 Å². The van der Waals surface area contributed by atoms with Crippen molar-refractivity contribution >= 4 is 29.3 Å². The summed E-state index contributed by atoms with van der Waals surface area (Å²) < 4.78 is 5.38. The van der Waals surface area contributed by atoms with Crippen molar-refractivity contribution in [3.8, 4) is 0 Å². The zero-order valence-corrected chi connectivity index (χ0v) is 19.4. The average Bonchev–Trinajstić information content (AvgIpc) is 3.00. The number of amides is 1. The Balaban J connectivity index is 1.45. The SMILES string of the molecule is CC1(C)CC2CC(C)(CN2C(=O)COC(=O)c2ccccc2C(=O)c2ccc(Cl)cc2)C1. The summed E-state index contributed by atoms with van der Waals surface area (Å²) in [6.07, 6.45) is 3.04. The van der Waals surface area contributed by atoms with Gasteiger partial charge in [0, 0.05) is 28.7 Å². The van der Waals surface area contributed by atoms with Crippen LogP contribution >= 0.6 is 11.6 Å². The van der Waals surface area contributed by atoms with E-state index in [1.54, 1.807) is 48.5 Å². The average molecular weight is 454 g/mol. The van der Waals surface area contributed by atoms with Crippen LogP contribution in [-0.4, -0.2) is 41.8 Å². The van der Waals surface area contributed by atoms with Crippen molar-refractivity contribution in [2.45, 2.75) is 46.1 Å². The van der Waals surface area contributed by atoms with E-state index in [4.69, 9.17) is 16.3 Å². The van der Waals surface area contributed by atoms with Crippen molar-refractivity contribution in [3.05, 3.63) is 70.2 Å². The summed E-state index contributed by atoms with van der Waals surface area (Å²) >= 11 is 5.91. The maximum Gasteiger partial charge on any atom is 0.339 e. The van der Waals surface area contributed by atoms with E-state index in [9.17, 15) is 14.4 Å². The molecule has 1 amide bonds. The van der Waals surface area contributed by atoms with E-state index in [0.29, 0.717) is 17.1 Å². The van der Waals surface area contributed by atoms with Gasteiger partial charge in [-0.3, -0.25) is 9.59 Å². The predicted octanol–water partition coefficient (Wildman–Crippen LogP) is 5.16. The van der Waals surface area contributed by atoms with Gasteiger partial charge in [-0.05, 0) is 60.4 Å². The number of likely N-dealkylation sites (tertiary alicyclic amines) is 1. The van der Waals surface area contributed by atoms with Crippen molar-refractivity contribution in [3.63, 3.8) is 0 Å². The summed E-state index contributed by atoms with van der Waals surface area (Å²) in [5.41, 5.74) is 1.12. The van der Waals surface area contributed by atoms with E-state index >= 15 is 0 Å². The smallest absolute Gasteiger partial charge is 0.339 e. The van der Waals surface area contributed by atoms with Crippen LogP contribution in [0.1, 0.15) is 66.3 Å². The van der Waals surface area contributed by atoms with E-state index in [0.717, 1.165) is 19.3 Å². The molecule has 32 heavy (non-hydrogen) atoms. The third-order valence-corrected chi connectivity index (χ3v) is 6.81. The Morgan fingerprint density at radius 1 is 1.00 bits per heavy atom. The van der Waals surface area contributed by atoms with Crippen LogP contribution in [0.15, 0.2) is 48.5 Å². The number of carbonyl (C=O) groups is 3. The molecule has 0 spiro atoms. The molecule has 2 fully saturated rings. The molecule has 1 saturated heterocycles. The molecule has 0 aromatic heterocycles. The number of fused-ring (bicyclic) bond motifs is 2. The quantitative estimate of drug-likeness (QED) is 0.463. The van der Waals surface area contributed by atoms with Crippen LogP contribution in [0.25, 0.3) is 0 Å². The zero-order valence-electron chi connectivity index (χ0n) is 18.7. The highest BCUT2D eigenvalue weighted by Gasteiger charge is 2.50. The Labute approximate surface area is 193 Å². The maximum atomic E-state index is 12.9. The Kier molecular flexibility index (Phi) is 5.89. The molecular formula is C26H28ClNO4. The third-order valence-electron chi connectivity index (χ3n) is 6.56. The Morgan fingerprint density at radius 3 is 2.34 bits per heavy atom. The number of hydrogen-bond acceptors (Lipinski definition) is 4. The van der Waals surface area contributed by atoms with Crippen molar-refractivity contribution in [2.24, 2.45) is 10.8 Å². The minimum Gasteiger partial charge on any atom is -0.452 e. The molecule has 0 radical (unpaired) electrons. The number of nitrogens with zero attached hydrogens (tertiary/aromatic N) is 1. The standard InChI is InChI=1S/C26H28ClNO4/c1-25(2)12-19-13-26(3,15-25)16-28(19)22(29)14-32-24(31)21-7-5-4-6-20(21)23(30)17-8-10-18(27)11-9-17/h4-11,19H,12-16H2,1-3H3. The molecule has 2 unspecified atom stereocenters. The third kappa shape index (κ3) is 4.58. The van der Waals surface area contributed by atoms with Gasteiger partial charge in [0.25, 0.3) is 5.91 Å². The highest BCUT2D eigenvalue weighted by atomic mass is 35.5. The van der Waals surface area contributed by atoms with Crippen LogP contribution in [0.2, 0.25) is 5.02 Å². The normalized spacial score (nSPS) is 23.6. The summed E-state index contributed by atoms with van der Waals surface area (Å²) in [6.45, 7) is 7.11. The van der Waals surface area contributed by atoms with Gasteiger partial charge in [-0.25, -0.2) is 4.79 Å². The van der Waals surface area contributed by atoms with Crippen LogP contribution in [0.5, 0.6) is 0 Å². The summed E-state index contributed by atoms with van der Waals surface area (Å²) in [5, 5.41) is 0.524. The molecule has 1 aliphatic heterocycles. The number of ketones is 1. The van der Waals surface area contributed by atoms with Gasteiger partial charge in [0.2, 0.25) is 0 Å². The maximum absolute atomic E-state index is 12.9. The lowest BCUT2D eigenvalue weighted by Gasteiger charge is -2.39. The molecule has 2 aliphatic rings. The fraction of sp³-hybridized carbons (Fsp3) is 0.423. The van der Waals surface area contributed by atoms with Crippen LogP contribution in [0.4, 0.5) is 0 Å². The minimum atomic E-state index is -0.676. The lowest BCUT2D eigenvalue weighted by atomic mass is 9.65. The second-order valence-corrected chi connectivity index (χ2v) is 10.6. The molecule has 6 heteroatoms. The molecule has 0 N–H and O–H groups in total. The van der Waals surface area contributed by atoms with E-state index in [2.05, 4.69) is 20.8 Å². The second-order valence-electron chi connectivity index (χ2n) is 10.2. The first-order chi connectivity index (χ1) is 15.1. The number of halogens is 1. The number of ether oxygens (including phenoxy) is 1. The Hall–Kier alpha value is -2.66. The largest absolute Gasteiger partial charge is 0.452 e. The number of rotatable bonds is 5. The number of carbonyl (C=O) groups excluding carboxylic acids is 3. The van der Waals surface area contributed by atoms with Crippen molar-refractivity contribution in [1.29, 1.82) is 0 Å². The van der Waals surface area contributed by atoms with E-state index in [1.807, 2.05) is 4.90 Å². The fourth-order valence-corrected chi connectivity index (χ4v) is 5.78. The van der Waals surface area contributed by atoms with Crippen LogP contribution in [0, 0.1) is 10.8 Å². The van der Waals surface area contributed by atoms with Gasteiger partial charge in [0.05, 0.1) is 5.56 Å². The lowest BCUT2D eigenvalue weighted by Crippen LogP contribution is -2.39. The minimum absolute atomic E-state index is 0.115. The summed E-state index contributed by atoms with van der Waals surface area (Å²) in [4.78, 5) is 40.5. The van der Waals surface area contributed by atoms with Crippen molar-refractivity contribution in [1.82, 2.24) is 4.90 Å².